The first kappa shape index (κ1) is 23.9. The van der Waals surface area contributed by atoms with Crippen LogP contribution in [-0.4, -0.2) is 42.3 Å². The molecule has 184 valence electrons. The van der Waals surface area contributed by atoms with E-state index in [1.165, 1.54) is 47.6 Å². The van der Waals surface area contributed by atoms with Gasteiger partial charge >= 0.3 is 0 Å². The minimum absolute atomic E-state index is 0.00897. The highest BCUT2D eigenvalue weighted by Crippen LogP contribution is 2.31. The van der Waals surface area contributed by atoms with E-state index in [1.54, 1.807) is 6.07 Å². The Kier molecular flexibility index (Phi) is 6.19. The number of nitrogens with one attached hydrogen (secondary N) is 1. The van der Waals surface area contributed by atoms with Gasteiger partial charge in [0.25, 0.3) is 15.9 Å². The first-order valence-corrected chi connectivity index (χ1v) is 12.5. The second-order valence-corrected chi connectivity index (χ2v) is 10.0. The molecule has 1 amide bonds. The van der Waals surface area contributed by atoms with Crippen molar-refractivity contribution in [3.63, 3.8) is 0 Å². The Morgan fingerprint density at radius 1 is 1.08 bits per heavy atom. The van der Waals surface area contributed by atoms with E-state index >= 15 is 0 Å². The van der Waals surface area contributed by atoms with Crippen molar-refractivity contribution in [1.29, 1.82) is 0 Å². The third kappa shape index (κ3) is 4.54. The van der Waals surface area contributed by atoms with E-state index in [1.807, 2.05) is 0 Å². The van der Waals surface area contributed by atoms with Crippen molar-refractivity contribution in [2.24, 2.45) is 0 Å². The summed E-state index contributed by atoms with van der Waals surface area (Å²) in [6.07, 6.45) is 2.82. The average molecular weight is 531 g/mol. The Hall–Kier alpha value is -3.83. The molecule has 1 aliphatic heterocycles. The van der Waals surface area contributed by atoms with Gasteiger partial charge in [-0.1, -0.05) is 17.7 Å². The van der Waals surface area contributed by atoms with Gasteiger partial charge in [-0.2, -0.15) is 0 Å². The molecular formula is C24H17ClF2N4O4S. The lowest BCUT2D eigenvalue weighted by atomic mass is 10.1. The summed E-state index contributed by atoms with van der Waals surface area (Å²) >= 11 is 6.12. The minimum atomic E-state index is -4.22. The van der Waals surface area contributed by atoms with Crippen LogP contribution in [0.25, 0.3) is 11.0 Å². The van der Waals surface area contributed by atoms with Gasteiger partial charge < -0.3 is 9.64 Å². The Morgan fingerprint density at radius 3 is 2.72 bits per heavy atom. The summed E-state index contributed by atoms with van der Waals surface area (Å²) < 4.78 is 62.6. The number of benzene rings is 3. The number of sulfonamides is 1. The molecule has 0 aliphatic carbocycles. The van der Waals surface area contributed by atoms with E-state index in [-0.39, 0.29) is 57.7 Å². The van der Waals surface area contributed by atoms with Crippen LogP contribution < -0.4 is 9.46 Å². The van der Waals surface area contributed by atoms with E-state index in [0.29, 0.717) is 11.6 Å². The molecule has 1 N–H and O–H groups in total. The zero-order chi connectivity index (χ0) is 25.4. The predicted molar refractivity (Wildman–Crippen MR) is 128 cm³/mol. The van der Waals surface area contributed by atoms with Crippen molar-refractivity contribution in [2.75, 3.05) is 17.9 Å². The van der Waals surface area contributed by atoms with Gasteiger partial charge in [0.15, 0.2) is 0 Å². The molecule has 36 heavy (non-hydrogen) atoms. The molecule has 0 spiro atoms. The predicted octanol–water partition coefficient (Wildman–Crippen LogP) is 4.40. The molecule has 8 nitrogen and oxygen atoms in total. The third-order valence-corrected chi connectivity index (χ3v) is 7.21. The van der Waals surface area contributed by atoms with E-state index < -0.39 is 27.6 Å². The number of ether oxygens (including phenoxy) is 1. The zero-order valence-corrected chi connectivity index (χ0v) is 20.0. The average Bonchev–Trinajstić information content (AvgIpc) is 3.06. The van der Waals surface area contributed by atoms with E-state index in [2.05, 4.69) is 14.7 Å². The quantitative estimate of drug-likeness (QED) is 0.420. The molecule has 0 unspecified atom stereocenters. The van der Waals surface area contributed by atoms with Crippen molar-refractivity contribution in [3.05, 3.63) is 88.7 Å². The summed E-state index contributed by atoms with van der Waals surface area (Å²) in [7, 11) is -4.22. The summed E-state index contributed by atoms with van der Waals surface area (Å²) in [6, 6.07) is 10.4. The van der Waals surface area contributed by atoms with Crippen LogP contribution in [0.3, 0.4) is 0 Å². The number of fused-ring (bicyclic) bond motifs is 2. The number of nitrogens with zero attached hydrogens (tertiary/aromatic N) is 3. The standard InChI is InChI=1S/C24H17ClF2N4O4S/c25-14-4-5-16(24(32)31-8-9-35-21-12-15(26)11-18(27)17(21)13-31)20(10-14)30-36(33,34)22-3-1-2-19-23(22)29-7-6-28-19/h1-7,10-12,30H,8-9,13H2. The fourth-order valence-corrected chi connectivity index (χ4v) is 5.32. The molecule has 1 aliphatic rings. The number of hydrogen-bond acceptors (Lipinski definition) is 6. The fraction of sp³-hybridized carbons (Fsp3) is 0.125. The maximum absolute atomic E-state index is 14.4. The smallest absolute Gasteiger partial charge is 0.264 e. The van der Waals surface area contributed by atoms with Crippen molar-refractivity contribution < 1.29 is 26.7 Å². The fourth-order valence-electron chi connectivity index (χ4n) is 3.91. The Morgan fingerprint density at radius 2 is 1.89 bits per heavy atom. The maximum Gasteiger partial charge on any atom is 0.264 e. The van der Waals surface area contributed by atoms with Gasteiger partial charge in [-0.3, -0.25) is 19.5 Å². The molecule has 1 aromatic heterocycles. The molecule has 0 atom stereocenters. The van der Waals surface area contributed by atoms with Gasteiger partial charge in [0.1, 0.15) is 34.4 Å². The highest BCUT2D eigenvalue weighted by atomic mass is 35.5. The first-order chi connectivity index (χ1) is 17.2. The number of amides is 1. The number of carbonyl (C=O) groups is 1. The molecule has 0 fully saturated rings. The van der Waals surface area contributed by atoms with Gasteiger partial charge in [0.05, 0.1) is 29.9 Å². The number of para-hydroxylation sites is 1. The maximum atomic E-state index is 14.4. The molecule has 0 saturated carbocycles. The van der Waals surface area contributed by atoms with Crippen LogP contribution in [0, 0.1) is 11.6 Å². The Labute approximate surface area is 209 Å². The number of anilines is 1. The molecule has 0 radical (unpaired) electrons. The van der Waals surface area contributed by atoms with Gasteiger partial charge in [0, 0.05) is 35.1 Å². The lowest BCUT2D eigenvalue weighted by molar-refractivity contribution is 0.0733. The van der Waals surface area contributed by atoms with Crippen LogP contribution in [0.15, 0.2) is 65.8 Å². The van der Waals surface area contributed by atoms with Crippen molar-refractivity contribution in [3.8, 4) is 5.75 Å². The number of rotatable bonds is 4. The summed E-state index contributed by atoms with van der Waals surface area (Å²) in [5.74, 6) is -2.23. The van der Waals surface area contributed by atoms with Crippen molar-refractivity contribution in [1.82, 2.24) is 14.9 Å². The molecule has 4 aromatic rings. The SMILES string of the molecule is O=C(c1ccc(Cl)cc1NS(=O)(=O)c1cccc2nccnc12)N1CCOc2cc(F)cc(F)c2C1. The van der Waals surface area contributed by atoms with E-state index in [9.17, 15) is 22.0 Å². The van der Waals surface area contributed by atoms with Crippen LogP contribution in [0.5, 0.6) is 5.75 Å². The summed E-state index contributed by atoms with van der Waals surface area (Å²) in [5, 5.41) is 0.188. The number of carbonyl (C=O) groups excluding carboxylic acids is 1. The van der Waals surface area contributed by atoms with Gasteiger partial charge in [-0.05, 0) is 30.3 Å². The molecule has 5 rings (SSSR count). The van der Waals surface area contributed by atoms with Crippen LogP contribution in [0.4, 0.5) is 14.5 Å². The second-order valence-electron chi connectivity index (χ2n) is 7.92. The Bertz CT molecular complexity index is 1610. The summed E-state index contributed by atoms with van der Waals surface area (Å²) in [5.41, 5.74) is 0.474. The highest BCUT2D eigenvalue weighted by Gasteiger charge is 2.28. The van der Waals surface area contributed by atoms with Crippen LogP contribution in [-0.2, 0) is 16.6 Å². The van der Waals surface area contributed by atoms with Crippen LogP contribution in [0.1, 0.15) is 15.9 Å². The zero-order valence-electron chi connectivity index (χ0n) is 18.4. The largest absolute Gasteiger partial charge is 0.491 e. The van der Waals surface area contributed by atoms with Crippen molar-refractivity contribution in [2.45, 2.75) is 11.4 Å². The van der Waals surface area contributed by atoms with E-state index in [4.69, 9.17) is 16.3 Å². The molecule has 0 bridgehead atoms. The highest BCUT2D eigenvalue weighted by molar-refractivity contribution is 7.93. The Balaban J connectivity index is 1.51. The van der Waals surface area contributed by atoms with E-state index in [0.717, 1.165) is 6.07 Å². The number of halogens is 3. The van der Waals surface area contributed by atoms with Crippen LogP contribution in [0.2, 0.25) is 5.02 Å². The second kappa shape index (κ2) is 9.32. The lowest BCUT2D eigenvalue weighted by Crippen LogP contribution is -2.33. The van der Waals surface area contributed by atoms with Gasteiger partial charge in [-0.15, -0.1) is 0 Å². The van der Waals surface area contributed by atoms with Crippen molar-refractivity contribution >= 4 is 44.3 Å². The van der Waals surface area contributed by atoms with Crippen LogP contribution >= 0.6 is 11.6 Å². The molecule has 3 aromatic carbocycles. The normalized spacial score (nSPS) is 13.6. The molecule has 0 saturated heterocycles. The molecule has 12 heteroatoms. The molecular weight excluding hydrogens is 514 g/mol. The lowest BCUT2D eigenvalue weighted by Gasteiger charge is -2.22. The van der Waals surface area contributed by atoms with Gasteiger partial charge in [-0.25, -0.2) is 17.2 Å². The topological polar surface area (TPSA) is 101 Å². The summed E-state index contributed by atoms with van der Waals surface area (Å²) in [4.78, 5) is 22.9. The monoisotopic (exact) mass is 530 g/mol. The first-order valence-electron chi connectivity index (χ1n) is 10.6. The number of aromatic nitrogens is 2. The van der Waals surface area contributed by atoms with Gasteiger partial charge in [0.2, 0.25) is 0 Å². The third-order valence-electron chi connectivity index (χ3n) is 5.58. The minimum Gasteiger partial charge on any atom is -0.491 e. The molecule has 2 heterocycles. The number of hydrogen-bond donors (Lipinski definition) is 1. The summed E-state index contributed by atoms with van der Waals surface area (Å²) in [6.45, 7) is -0.152.